The number of rotatable bonds is 3. The fraction of sp³-hybridized carbons (Fsp3) is 0.0870. The Kier molecular flexibility index (Phi) is 4.60. The number of nitrogens with one attached hydrogen (secondary N) is 2. The van der Waals surface area contributed by atoms with Crippen LogP contribution in [0.2, 0.25) is 0 Å². The van der Waals surface area contributed by atoms with Crippen molar-refractivity contribution in [3.8, 4) is 16.9 Å². The van der Waals surface area contributed by atoms with E-state index in [1.807, 2.05) is 36.4 Å². The van der Waals surface area contributed by atoms with Gasteiger partial charge in [0, 0.05) is 24.6 Å². The quantitative estimate of drug-likeness (QED) is 0.407. The van der Waals surface area contributed by atoms with Crippen LogP contribution in [0.5, 0.6) is 5.75 Å². The molecule has 0 atom stereocenters. The van der Waals surface area contributed by atoms with Crippen LogP contribution >= 0.6 is 0 Å². The largest absolute Gasteiger partial charge is 0.425 e. The van der Waals surface area contributed by atoms with E-state index < -0.39 is 5.97 Å². The fourth-order valence-electron chi connectivity index (χ4n) is 3.52. The Morgan fingerprint density at radius 3 is 2.38 bits per heavy atom. The lowest BCUT2D eigenvalue weighted by atomic mass is 9.99. The van der Waals surface area contributed by atoms with Crippen molar-refractivity contribution in [1.29, 1.82) is 0 Å². The molecule has 0 saturated carbocycles. The Hall–Kier alpha value is -3.93. The van der Waals surface area contributed by atoms with Gasteiger partial charge in [-0.05, 0) is 23.1 Å². The van der Waals surface area contributed by atoms with Crippen LogP contribution in [-0.2, 0) is 9.59 Å². The van der Waals surface area contributed by atoms with Gasteiger partial charge < -0.3 is 15.0 Å². The summed E-state index contributed by atoms with van der Waals surface area (Å²) in [4.78, 5) is 39.5. The van der Waals surface area contributed by atoms with Crippen molar-refractivity contribution >= 4 is 39.2 Å². The number of H-pyrrole nitrogens is 1. The molecule has 0 spiro atoms. The molecule has 1 amide bonds. The standard InChI is InChI=1S/C23H18N2O4/c1-13(26)24-18-10-6-9-16-11-12-17-21(19(16)18)25-23(28)20(22(17)29-14(2)27)15-7-4-3-5-8-15/h3-12H,1-2H3,(H,24,26)(H,25,28). The number of aromatic nitrogens is 1. The van der Waals surface area contributed by atoms with Gasteiger partial charge in [0.2, 0.25) is 5.91 Å². The zero-order valence-electron chi connectivity index (χ0n) is 15.9. The Labute approximate surface area is 166 Å². The van der Waals surface area contributed by atoms with Gasteiger partial charge >= 0.3 is 5.97 Å². The average molecular weight is 386 g/mol. The summed E-state index contributed by atoms with van der Waals surface area (Å²) in [5, 5.41) is 4.88. The number of ether oxygens (including phenoxy) is 1. The van der Waals surface area contributed by atoms with Crippen molar-refractivity contribution in [3.63, 3.8) is 0 Å². The molecule has 0 bridgehead atoms. The molecule has 1 aromatic heterocycles. The highest BCUT2D eigenvalue weighted by Crippen LogP contribution is 2.38. The van der Waals surface area contributed by atoms with E-state index in [4.69, 9.17) is 4.74 Å². The highest BCUT2D eigenvalue weighted by molar-refractivity contribution is 6.16. The lowest BCUT2D eigenvalue weighted by Gasteiger charge is -2.15. The predicted molar refractivity (Wildman–Crippen MR) is 113 cm³/mol. The van der Waals surface area contributed by atoms with E-state index in [-0.39, 0.29) is 22.8 Å². The van der Waals surface area contributed by atoms with Crippen LogP contribution in [0, 0.1) is 0 Å². The van der Waals surface area contributed by atoms with Gasteiger partial charge in [-0.15, -0.1) is 0 Å². The SMILES string of the molecule is CC(=O)Nc1cccc2ccc3c(OC(C)=O)c(-c4ccccc4)c(=O)[nH]c3c12. The number of hydrogen-bond donors (Lipinski definition) is 2. The third kappa shape index (κ3) is 3.36. The number of benzene rings is 3. The molecule has 0 aliphatic rings. The molecule has 29 heavy (non-hydrogen) atoms. The maximum atomic E-state index is 13.1. The minimum atomic E-state index is -0.524. The summed E-state index contributed by atoms with van der Waals surface area (Å²) >= 11 is 0. The molecule has 4 aromatic rings. The number of amides is 1. The average Bonchev–Trinajstić information content (AvgIpc) is 2.67. The normalized spacial score (nSPS) is 10.8. The number of esters is 1. The summed E-state index contributed by atoms with van der Waals surface area (Å²) in [6.45, 7) is 2.72. The zero-order chi connectivity index (χ0) is 20.5. The number of hydrogen-bond acceptors (Lipinski definition) is 4. The maximum Gasteiger partial charge on any atom is 0.308 e. The summed E-state index contributed by atoms with van der Waals surface area (Å²) in [7, 11) is 0. The van der Waals surface area contributed by atoms with Crippen molar-refractivity contribution in [1.82, 2.24) is 4.98 Å². The van der Waals surface area contributed by atoms with Crippen molar-refractivity contribution in [2.45, 2.75) is 13.8 Å². The van der Waals surface area contributed by atoms with Crippen molar-refractivity contribution in [2.75, 3.05) is 5.32 Å². The highest BCUT2D eigenvalue weighted by atomic mass is 16.5. The Bertz CT molecular complexity index is 1320. The third-order valence-electron chi connectivity index (χ3n) is 4.60. The van der Waals surface area contributed by atoms with Crippen molar-refractivity contribution in [3.05, 3.63) is 71.0 Å². The molecule has 0 aliphatic carbocycles. The van der Waals surface area contributed by atoms with Crippen molar-refractivity contribution in [2.24, 2.45) is 0 Å². The first-order chi connectivity index (χ1) is 14.0. The summed E-state index contributed by atoms with van der Waals surface area (Å²) in [5.74, 6) is -0.552. The van der Waals surface area contributed by atoms with Gasteiger partial charge in [0.1, 0.15) is 0 Å². The zero-order valence-corrected chi connectivity index (χ0v) is 15.9. The van der Waals surface area contributed by atoms with Crippen LogP contribution in [-0.4, -0.2) is 16.9 Å². The molecule has 2 N–H and O–H groups in total. The second kappa shape index (κ2) is 7.24. The van der Waals surface area contributed by atoms with Crippen molar-refractivity contribution < 1.29 is 14.3 Å². The molecular weight excluding hydrogens is 368 g/mol. The monoisotopic (exact) mass is 386 g/mol. The first-order valence-electron chi connectivity index (χ1n) is 9.09. The molecule has 0 unspecified atom stereocenters. The minimum Gasteiger partial charge on any atom is -0.425 e. The molecule has 6 nitrogen and oxygen atoms in total. The van der Waals surface area contributed by atoms with Gasteiger partial charge in [-0.3, -0.25) is 14.4 Å². The van der Waals surface area contributed by atoms with Crippen LogP contribution in [0.4, 0.5) is 5.69 Å². The fourth-order valence-corrected chi connectivity index (χ4v) is 3.52. The van der Waals surface area contributed by atoms with Gasteiger partial charge in [0.05, 0.1) is 16.8 Å². The first kappa shape index (κ1) is 18.4. The minimum absolute atomic E-state index is 0.196. The molecule has 144 valence electrons. The molecule has 0 saturated heterocycles. The molecular formula is C23H18N2O4. The number of anilines is 1. The number of pyridine rings is 1. The molecule has 0 fully saturated rings. The Morgan fingerprint density at radius 2 is 1.69 bits per heavy atom. The van der Waals surface area contributed by atoms with E-state index in [2.05, 4.69) is 10.3 Å². The van der Waals surface area contributed by atoms with E-state index in [1.54, 1.807) is 24.3 Å². The maximum absolute atomic E-state index is 13.1. The predicted octanol–water partition coefficient (Wildman–Crippen LogP) is 4.23. The van der Waals surface area contributed by atoms with E-state index in [0.717, 1.165) is 5.39 Å². The number of carbonyl (C=O) groups excluding carboxylic acids is 2. The second-order valence-electron chi connectivity index (χ2n) is 6.69. The summed E-state index contributed by atoms with van der Waals surface area (Å²) < 4.78 is 5.52. The number of aromatic amines is 1. The molecule has 6 heteroatoms. The van der Waals surface area contributed by atoms with E-state index in [0.29, 0.717) is 27.5 Å². The van der Waals surface area contributed by atoms with E-state index in [9.17, 15) is 14.4 Å². The van der Waals surface area contributed by atoms with Gasteiger partial charge in [0.25, 0.3) is 5.56 Å². The molecule has 3 aromatic carbocycles. The Balaban J connectivity index is 2.15. The number of carbonyl (C=O) groups is 2. The van der Waals surface area contributed by atoms with Gasteiger partial charge in [0.15, 0.2) is 5.75 Å². The van der Waals surface area contributed by atoms with Crippen LogP contribution in [0.15, 0.2) is 65.5 Å². The smallest absolute Gasteiger partial charge is 0.308 e. The first-order valence-corrected chi connectivity index (χ1v) is 9.09. The van der Waals surface area contributed by atoms with Crippen LogP contribution in [0.1, 0.15) is 13.8 Å². The topological polar surface area (TPSA) is 88.3 Å². The van der Waals surface area contributed by atoms with Gasteiger partial charge in [-0.25, -0.2) is 0 Å². The van der Waals surface area contributed by atoms with E-state index in [1.165, 1.54) is 13.8 Å². The highest BCUT2D eigenvalue weighted by Gasteiger charge is 2.20. The number of fused-ring (bicyclic) bond motifs is 3. The summed E-state index contributed by atoms with van der Waals surface area (Å²) in [5.41, 5.74) is 1.60. The Morgan fingerprint density at radius 1 is 0.931 bits per heavy atom. The molecule has 4 rings (SSSR count). The third-order valence-corrected chi connectivity index (χ3v) is 4.60. The summed E-state index contributed by atoms with van der Waals surface area (Å²) in [6, 6.07) is 18.2. The molecule has 0 aliphatic heterocycles. The molecule has 0 radical (unpaired) electrons. The second-order valence-corrected chi connectivity index (χ2v) is 6.69. The van der Waals surface area contributed by atoms with E-state index >= 15 is 0 Å². The summed E-state index contributed by atoms with van der Waals surface area (Å²) in [6.07, 6.45) is 0. The van der Waals surface area contributed by atoms with Crippen LogP contribution in [0.3, 0.4) is 0 Å². The molecule has 1 heterocycles. The van der Waals surface area contributed by atoms with Gasteiger partial charge in [-0.2, -0.15) is 0 Å². The van der Waals surface area contributed by atoms with Crippen LogP contribution < -0.4 is 15.6 Å². The lowest BCUT2D eigenvalue weighted by Crippen LogP contribution is -2.14. The van der Waals surface area contributed by atoms with Gasteiger partial charge in [-0.1, -0.05) is 48.5 Å². The van der Waals surface area contributed by atoms with Crippen LogP contribution in [0.25, 0.3) is 32.8 Å². The lowest BCUT2D eigenvalue weighted by molar-refractivity contribution is -0.131.